The Morgan fingerprint density at radius 1 is 1.53 bits per heavy atom. The van der Waals surface area contributed by atoms with Crippen LogP contribution in [0.4, 0.5) is 0 Å². The van der Waals surface area contributed by atoms with Crippen LogP contribution in [0, 0.1) is 11.8 Å². The fourth-order valence-electron chi connectivity index (χ4n) is 2.41. The lowest BCUT2D eigenvalue weighted by Gasteiger charge is -2.12. The second kappa shape index (κ2) is 5.69. The molecule has 6 nitrogen and oxygen atoms in total. The van der Waals surface area contributed by atoms with Crippen LogP contribution in [0.2, 0.25) is 0 Å². The minimum atomic E-state index is -0.136. The molecular formula is C13H21N3O3. The van der Waals surface area contributed by atoms with Crippen LogP contribution < -0.4 is 0 Å². The lowest BCUT2D eigenvalue weighted by molar-refractivity contribution is -0.146. The van der Waals surface area contributed by atoms with Crippen molar-refractivity contribution in [3.63, 3.8) is 0 Å². The van der Waals surface area contributed by atoms with E-state index in [-0.39, 0.29) is 17.8 Å². The Morgan fingerprint density at radius 3 is 2.84 bits per heavy atom. The molecular weight excluding hydrogens is 246 g/mol. The number of aromatic nitrogens is 2. The summed E-state index contributed by atoms with van der Waals surface area (Å²) in [5.41, 5.74) is 0. The van der Waals surface area contributed by atoms with E-state index in [9.17, 15) is 4.79 Å². The van der Waals surface area contributed by atoms with E-state index in [2.05, 4.69) is 22.0 Å². The summed E-state index contributed by atoms with van der Waals surface area (Å²) >= 11 is 0. The summed E-state index contributed by atoms with van der Waals surface area (Å²) in [4.78, 5) is 18.1. The predicted molar refractivity (Wildman–Crippen MR) is 68.3 cm³/mol. The number of carbonyl (C=O) groups is 1. The number of likely N-dealkylation sites (tertiary alicyclic amines) is 1. The molecule has 1 fully saturated rings. The third-order valence-electron chi connectivity index (χ3n) is 3.55. The van der Waals surface area contributed by atoms with E-state index in [4.69, 9.17) is 9.26 Å². The first-order valence-corrected chi connectivity index (χ1v) is 6.64. The summed E-state index contributed by atoms with van der Waals surface area (Å²) in [5, 5.41) is 3.94. The standard InChI is InChI=1S/C13H21N3O3/c1-8(2)12-14-11(19-15-12)7-16-5-9(3)10(6-16)13(17)18-4/h8-10H,5-7H2,1-4H3. The van der Waals surface area contributed by atoms with Gasteiger partial charge in [0.2, 0.25) is 5.89 Å². The van der Waals surface area contributed by atoms with Crippen molar-refractivity contribution in [2.24, 2.45) is 11.8 Å². The highest BCUT2D eigenvalue weighted by molar-refractivity contribution is 5.73. The van der Waals surface area contributed by atoms with Crippen LogP contribution in [0.25, 0.3) is 0 Å². The van der Waals surface area contributed by atoms with Crippen molar-refractivity contribution in [1.82, 2.24) is 15.0 Å². The maximum absolute atomic E-state index is 11.6. The Kier molecular flexibility index (Phi) is 4.19. The Labute approximate surface area is 113 Å². The topological polar surface area (TPSA) is 68.5 Å². The highest BCUT2D eigenvalue weighted by Crippen LogP contribution is 2.25. The number of hydrogen-bond acceptors (Lipinski definition) is 6. The van der Waals surface area contributed by atoms with Gasteiger partial charge in [0.05, 0.1) is 19.6 Å². The first-order chi connectivity index (χ1) is 9.01. The highest BCUT2D eigenvalue weighted by atomic mass is 16.5. The molecule has 2 atom stereocenters. The maximum atomic E-state index is 11.6. The summed E-state index contributed by atoms with van der Waals surface area (Å²) < 4.78 is 10.0. The molecule has 106 valence electrons. The molecule has 6 heteroatoms. The molecule has 19 heavy (non-hydrogen) atoms. The van der Waals surface area contributed by atoms with Crippen molar-refractivity contribution in [3.05, 3.63) is 11.7 Å². The minimum absolute atomic E-state index is 0.0579. The van der Waals surface area contributed by atoms with E-state index in [0.29, 0.717) is 24.9 Å². The first kappa shape index (κ1) is 14.0. The van der Waals surface area contributed by atoms with Crippen molar-refractivity contribution >= 4 is 5.97 Å². The molecule has 2 unspecified atom stereocenters. The van der Waals surface area contributed by atoms with Crippen molar-refractivity contribution in [2.45, 2.75) is 33.2 Å². The fourth-order valence-corrected chi connectivity index (χ4v) is 2.41. The number of carbonyl (C=O) groups excluding carboxylic acids is 1. The normalized spacial score (nSPS) is 24.1. The molecule has 0 spiro atoms. The number of methoxy groups -OCH3 is 1. The fraction of sp³-hybridized carbons (Fsp3) is 0.769. The Morgan fingerprint density at radius 2 is 2.26 bits per heavy atom. The number of ether oxygens (including phenoxy) is 1. The first-order valence-electron chi connectivity index (χ1n) is 6.64. The molecule has 0 N–H and O–H groups in total. The zero-order valence-electron chi connectivity index (χ0n) is 11.9. The van der Waals surface area contributed by atoms with Crippen molar-refractivity contribution in [2.75, 3.05) is 20.2 Å². The number of nitrogens with zero attached hydrogens (tertiary/aromatic N) is 3. The van der Waals surface area contributed by atoms with Gasteiger partial charge in [0.1, 0.15) is 0 Å². The smallest absolute Gasteiger partial charge is 0.310 e. The zero-order chi connectivity index (χ0) is 14.0. The summed E-state index contributed by atoms with van der Waals surface area (Å²) in [6.07, 6.45) is 0. The number of rotatable bonds is 4. The lowest BCUT2D eigenvalue weighted by atomic mass is 9.99. The Bertz CT molecular complexity index is 444. The molecule has 0 radical (unpaired) electrons. The van der Waals surface area contributed by atoms with Crippen LogP contribution >= 0.6 is 0 Å². The van der Waals surface area contributed by atoms with E-state index in [0.717, 1.165) is 12.4 Å². The van der Waals surface area contributed by atoms with Crippen molar-refractivity contribution in [3.8, 4) is 0 Å². The molecule has 1 saturated heterocycles. The van der Waals surface area contributed by atoms with E-state index in [1.54, 1.807) is 0 Å². The van der Waals surface area contributed by atoms with E-state index >= 15 is 0 Å². The van der Waals surface area contributed by atoms with Crippen molar-refractivity contribution < 1.29 is 14.1 Å². The molecule has 1 aromatic heterocycles. The van der Waals surface area contributed by atoms with E-state index < -0.39 is 0 Å². The van der Waals surface area contributed by atoms with Gasteiger partial charge in [0.25, 0.3) is 0 Å². The highest BCUT2D eigenvalue weighted by Gasteiger charge is 2.36. The van der Waals surface area contributed by atoms with Gasteiger partial charge in [-0.1, -0.05) is 25.9 Å². The van der Waals surface area contributed by atoms with Gasteiger partial charge in [-0.25, -0.2) is 0 Å². The molecule has 0 amide bonds. The van der Waals surface area contributed by atoms with Gasteiger partial charge in [-0.05, 0) is 5.92 Å². The molecule has 2 rings (SSSR count). The van der Waals surface area contributed by atoms with Crippen LogP contribution in [0.1, 0.15) is 38.4 Å². The number of hydrogen-bond donors (Lipinski definition) is 0. The minimum Gasteiger partial charge on any atom is -0.469 e. The van der Waals surface area contributed by atoms with Gasteiger partial charge >= 0.3 is 5.97 Å². The third kappa shape index (κ3) is 3.12. The van der Waals surface area contributed by atoms with Crippen LogP contribution in [-0.4, -0.2) is 41.2 Å². The summed E-state index contributed by atoms with van der Waals surface area (Å²) in [5.74, 6) is 1.70. The second-order valence-corrected chi connectivity index (χ2v) is 5.50. The average molecular weight is 267 g/mol. The van der Waals surface area contributed by atoms with E-state index in [1.807, 2.05) is 13.8 Å². The van der Waals surface area contributed by atoms with Crippen LogP contribution in [0.3, 0.4) is 0 Å². The molecule has 2 heterocycles. The van der Waals surface area contributed by atoms with Gasteiger partial charge in [-0.15, -0.1) is 0 Å². The zero-order valence-corrected chi connectivity index (χ0v) is 11.9. The molecule has 0 aromatic carbocycles. The molecule has 0 bridgehead atoms. The molecule has 1 aliphatic heterocycles. The van der Waals surface area contributed by atoms with Gasteiger partial charge in [-0.2, -0.15) is 4.98 Å². The van der Waals surface area contributed by atoms with Gasteiger partial charge in [0, 0.05) is 19.0 Å². The molecule has 1 aliphatic rings. The summed E-state index contributed by atoms with van der Waals surface area (Å²) in [6.45, 7) is 8.25. The number of esters is 1. The Hall–Kier alpha value is -1.43. The molecule has 1 aromatic rings. The van der Waals surface area contributed by atoms with Crippen LogP contribution in [0.15, 0.2) is 4.52 Å². The van der Waals surface area contributed by atoms with Crippen molar-refractivity contribution in [1.29, 1.82) is 0 Å². The largest absolute Gasteiger partial charge is 0.469 e. The second-order valence-electron chi connectivity index (χ2n) is 5.50. The predicted octanol–water partition coefficient (Wildman–Crippen LogP) is 1.43. The van der Waals surface area contributed by atoms with Gasteiger partial charge < -0.3 is 9.26 Å². The summed E-state index contributed by atoms with van der Waals surface area (Å²) in [6, 6.07) is 0. The quantitative estimate of drug-likeness (QED) is 0.769. The maximum Gasteiger partial charge on any atom is 0.310 e. The SMILES string of the molecule is COC(=O)C1CN(Cc2nc(C(C)C)no2)CC1C. The van der Waals surface area contributed by atoms with Crippen LogP contribution in [-0.2, 0) is 16.1 Å². The van der Waals surface area contributed by atoms with E-state index in [1.165, 1.54) is 7.11 Å². The Balaban J connectivity index is 1.95. The van der Waals surface area contributed by atoms with Crippen LogP contribution in [0.5, 0.6) is 0 Å². The summed E-state index contributed by atoms with van der Waals surface area (Å²) in [7, 11) is 1.44. The van der Waals surface area contributed by atoms with Gasteiger partial charge in [0.15, 0.2) is 5.82 Å². The lowest BCUT2D eigenvalue weighted by Crippen LogP contribution is -2.24. The van der Waals surface area contributed by atoms with Gasteiger partial charge in [-0.3, -0.25) is 9.69 Å². The third-order valence-corrected chi connectivity index (χ3v) is 3.55. The average Bonchev–Trinajstić information content (AvgIpc) is 2.96. The molecule has 0 aliphatic carbocycles. The molecule has 0 saturated carbocycles. The monoisotopic (exact) mass is 267 g/mol.